The van der Waals surface area contributed by atoms with Gasteiger partial charge in [0, 0.05) is 38.8 Å². The van der Waals surface area contributed by atoms with E-state index in [9.17, 15) is 9.90 Å². The maximum absolute atomic E-state index is 12.1. The number of nitrogens with one attached hydrogen (secondary N) is 1. The third kappa shape index (κ3) is 3.71. The third-order valence-electron chi connectivity index (χ3n) is 4.89. The number of aliphatic hydroxyl groups is 1. The lowest BCUT2D eigenvalue weighted by molar-refractivity contribution is -0.139. The van der Waals surface area contributed by atoms with Gasteiger partial charge < -0.3 is 15.3 Å². The maximum Gasteiger partial charge on any atom is 0.252 e. The van der Waals surface area contributed by atoms with Gasteiger partial charge in [0.1, 0.15) is 5.60 Å². The average Bonchev–Trinajstić information content (AvgIpc) is 2.92. The zero-order valence-electron chi connectivity index (χ0n) is 12.9. The Balaban J connectivity index is 1.72. The summed E-state index contributed by atoms with van der Waals surface area (Å²) in [4.78, 5) is 16.9. The van der Waals surface area contributed by atoms with Crippen molar-refractivity contribution in [3.63, 3.8) is 0 Å². The van der Waals surface area contributed by atoms with E-state index in [1.807, 2.05) is 0 Å². The first-order valence-electron chi connectivity index (χ1n) is 8.02. The lowest BCUT2D eigenvalue weighted by Crippen LogP contribution is -2.54. The smallest absolute Gasteiger partial charge is 0.252 e. The highest BCUT2D eigenvalue weighted by Gasteiger charge is 2.38. The molecule has 2 aliphatic rings. The highest BCUT2D eigenvalue weighted by Crippen LogP contribution is 2.29. The molecule has 1 saturated carbocycles. The Bertz CT molecular complexity index is 321. The zero-order valence-corrected chi connectivity index (χ0v) is 12.9. The second kappa shape index (κ2) is 6.87. The van der Waals surface area contributed by atoms with Crippen molar-refractivity contribution in [1.82, 2.24) is 15.1 Å². The summed E-state index contributed by atoms with van der Waals surface area (Å²) >= 11 is 0. The fourth-order valence-corrected chi connectivity index (χ4v) is 3.24. The Morgan fingerprint density at radius 1 is 1.25 bits per heavy atom. The molecule has 0 aromatic heterocycles. The minimum atomic E-state index is -1.10. The van der Waals surface area contributed by atoms with E-state index in [2.05, 4.69) is 29.0 Å². The molecule has 1 aliphatic heterocycles. The highest BCUT2D eigenvalue weighted by molar-refractivity contribution is 5.85. The third-order valence-corrected chi connectivity index (χ3v) is 4.89. The molecule has 20 heavy (non-hydrogen) atoms. The van der Waals surface area contributed by atoms with Crippen molar-refractivity contribution in [2.24, 2.45) is 0 Å². The van der Waals surface area contributed by atoms with Gasteiger partial charge in [-0.2, -0.15) is 0 Å². The van der Waals surface area contributed by atoms with Crippen LogP contribution in [-0.2, 0) is 4.79 Å². The molecule has 2 fully saturated rings. The van der Waals surface area contributed by atoms with Crippen molar-refractivity contribution in [3.8, 4) is 0 Å². The van der Waals surface area contributed by atoms with Crippen LogP contribution in [0.4, 0.5) is 0 Å². The van der Waals surface area contributed by atoms with Gasteiger partial charge in [-0.1, -0.05) is 6.92 Å². The topological polar surface area (TPSA) is 55.8 Å². The molecule has 0 spiro atoms. The number of likely N-dealkylation sites (N-methyl/N-ethyl adjacent to an activating group) is 1. The van der Waals surface area contributed by atoms with Crippen molar-refractivity contribution in [2.75, 3.05) is 39.3 Å². The van der Waals surface area contributed by atoms with Gasteiger partial charge in [0.05, 0.1) is 0 Å². The van der Waals surface area contributed by atoms with Crippen LogP contribution < -0.4 is 5.32 Å². The predicted molar refractivity (Wildman–Crippen MR) is 79.6 cm³/mol. The van der Waals surface area contributed by atoms with E-state index in [4.69, 9.17) is 0 Å². The Hall–Kier alpha value is -0.650. The Morgan fingerprint density at radius 3 is 2.40 bits per heavy atom. The summed E-state index contributed by atoms with van der Waals surface area (Å²) in [6, 6.07) is 0.336. The van der Waals surface area contributed by atoms with Crippen LogP contribution >= 0.6 is 0 Å². The van der Waals surface area contributed by atoms with Gasteiger partial charge in [-0.05, 0) is 39.2 Å². The van der Waals surface area contributed by atoms with Crippen LogP contribution in [0.15, 0.2) is 0 Å². The van der Waals surface area contributed by atoms with Gasteiger partial charge in [-0.25, -0.2) is 0 Å². The van der Waals surface area contributed by atoms with Crippen LogP contribution in [-0.4, -0.2) is 71.7 Å². The summed E-state index contributed by atoms with van der Waals surface area (Å²) in [7, 11) is 0. The lowest BCUT2D eigenvalue weighted by Gasteiger charge is -2.38. The van der Waals surface area contributed by atoms with Crippen molar-refractivity contribution in [1.29, 1.82) is 0 Å². The normalized spacial score (nSPS) is 25.6. The molecule has 5 heteroatoms. The van der Waals surface area contributed by atoms with Crippen molar-refractivity contribution in [3.05, 3.63) is 0 Å². The zero-order chi connectivity index (χ0) is 14.6. The fourth-order valence-electron chi connectivity index (χ4n) is 3.24. The van der Waals surface area contributed by atoms with Crippen molar-refractivity contribution < 1.29 is 9.90 Å². The first-order valence-corrected chi connectivity index (χ1v) is 8.02. The van der Waals surface area contributed by atoms with E-state index in [0.29, 0.717) is 25.4 Å². The minimum Gasteiger partial charge on any atom is -0.380 e. The van der Waals surface area contributed by atoms with Crippen LogP contribution in [0.25, 0.3) is 0 Å². The fraction of sp³-hybridized carbons (Fsp3) is 0.933. The van der Waals surface area contributed by atoms with Crippen LogP contribution in [0.1, 0.15) is 39.5 Å². The van der Waals surface area contributed by atoms with E-state index in [-0.39, 0.29) is 5.91 Å². The molecule has 1 amide bonds. The van der Waals surface area contributed by atoms with E-state index in [1.165, 1.54) is 0 Å². The summed E-state index contributed by atoms with van der Waals surface area (Å²) in [6.07, 6.45) is 3.14. The summed E-state index contributed by atoms with van der Waals surface area (Å²) in [6.45, 7) is 10.4. The van der Waals surface area contributed by atoms with Gasteiger partial charge in [0.25, 0.3) is 5.91 Å². The van der Waals surface area contributed by atoms with Gasteiger partial charge in [-0.15, -0.1) is 0 Å². The number of rotatable bonds is 5. The lowest BCUT2D eigenvalue weighted by atomic mass is 10.0. The van der Waals surface area contributed by atoms with Crippen LogP contribution in [0, 0.1) is 0 Å². The van der Waals surface area contributed by atoms with Crippen molar-refractivity contribution in [2.45, 2.75) is 51.2 Å². The Labute approximate surface area is 122 Å². The largest absolute Gasteiger partial charge is 0.380 e. The van der Waals surface area contributed by atoms with Gasteiger partial charge in [-0.3, -0.25) is 9.69 Å². The molecule has 0 radical (unpaired) electrons. The summed E-state index contributed by atoms with van der Waals surface area (Å²) in [5.74, 6) is -0.172. The SMILES string of the molecule is CCN1CCN(C(C)CNC(=O)C2(O)CCCC2)CC1. The van der Waals surface area contributed by atoms with Gasteiger partial charge in [0.2, 0.25) is 0 Å². The molecule has 1 atom stereocenters. The molecule has 1 aliphatic carbocycles. The van der Waals surface area contributed by atoms with Crippen molar-refractivity contribution >= 4 is 5.91 Å². The number of carbonyl (C=O) groups excluding carboxylic acids is 1. The molecule has 2 rings (SSSR count). The van der Waals surface area contributed by atoms with E-state index < -0.39 is 5.60 Å². The second-order valence-corrected chi connectivity index (χ2v) is 6.27. The predicted octanol–water partition coefficient (Wildman–Crippen LogP) is 0.434. The molecule has 0 aromatic carbocycles. The number of amides is 1. The molecule has 1 unspecified atom stereocenters. The van der Waals surface area contributed by atoms with Crippen LogP contribution in [0.3, 0.4) is 0 Å². The number of piperazine rings is 1. The molecule has 2 N–H and O–H groups in total. The second-order valence-electron chi connectivity index (χ2n) is 6.27. The number of carbonyl (C=O) groups is 1. The van der Waals surface area contributed by atoms with E-state index in [1.54, 1.807) is 0 Å². The molecule has 1 saturated heterocycles. The van der Waals surface area contributed by atoms with Crippen LogP contribution in [0.5, 0.6) is 0 Å². The maximum atomic E-state index is 12.1. The number of hydrogen-bond donors (Lipinski definition) is 2. The molecule has 116 valence electrons. The standard InChI is InChI=1S/C15H29N3O2/c1-3-17-8-10-18(11-9-17)13(2)12-16-14(19)15(20)6-4-5-7-15/h13,20H,3-12H2,1-2H3,(H,16,19). The average molecular weight is 283 g/mol. The molecule has 5 nitrogen and oxygen atoms in total. The number of hydrogen-bond acceptors (Lipinski definition) is 4. The Kier molecular flexibility index (Phi) is 5.41. The first-order chi connectivity index (χ1) is 9.55. The quantitative estimate of drug-likeness (QED) is 0.768. The summed E-state index contributed by atoms with van der Waals surface area (Å²) in [5.41, 5.74) is -1.10. The Morgan fingerprint density at radius 2 is 1.85 bits per heavy atom. The highest BCUT2D eigenvalue weighted by atomic mass is 16.3. The van der Waals surface area contributed by atoms with Gasteiger partial charge in [0.15, 0.2) is 0 Å². The molecule has 1 heterocycles. The van der Waals surface area contributed by atoms with Gasteiger partial charge >= 0.3 is 0 Å². The number of nitrogens with zero attached hydrogens (tertiary/aromatic N) is 2. The van der Waals surface area contributed by atoms with E-state index >= 15 is 0 Å². The van der Waals surface area contributed by atoms with Crippen LogP contribution in [0.2, 0.25) is 0 Å². The van der Waals surface area contributed by atoms with E-state index in [0.717, 1.165) is 45.6 Å². The molecular formula is C15H29N3O2. The monoisotopic (exact) mass is 283 g/mol. The molecule has 0 bridgehead atoms. The molecule has 0 aromatic rings. The summed E-state index contributed by atoms with van der Waals surface area (Å²) in [5, 5.41) is 13.2. The summed E-state index contributed by atoms with van der Waals surface area (Å²) < 4.78 is 0. The minimum absolute atomic E-state index is 0.172. The molecular weight excluding hydrogens is 254 g/mol. The first kappa shape index (κ1) is 15.7.